The van der Waals surface area contributed by atoms with Gasteiger partial charge in [-0.05, 0) is 12.8 Å². The molecule has 2 rings (SSSR count). The van der Waals surface area contributed by atoms with Crippen molar-refractivity contribution in [2.24, 2.45) is 0 Å². The van der Waals surface area contributed by atoms with Gasteiger partial charge in [0.15, 0.2) is 0 Å². The van der Waals surface area contributed by atoms with Crippen molar-refractivity contribution in [3.8, 4) is 0 Å². The summed E-state index contributed by atoms with van der Waals surface area (Å²) in [5.74, 6) is 0.0487. The van der Waals surface area contributed by atoms with Crippen molar-refractivity contribution >= 4 is 5.91 Å². The van der Waals surface area contributed by atoms with Crippen molar-refractivity contribution in [2.45, 2.75) is 63.0 Å². The topological polar surface area (TPSA) is 70.6 Å². The lowest BCUT2D eigenvalue weighted by Gasteiger charge is -2.32. The molecule has 5 heteroatoms. The Morgan fingerprint density at radius 2 is 1.80 bits per heavy atom. The van der Waals surface area contributed by atoms with E-state index in [0.29, 0.717) is 45.2 Å². The minimum atomic E-state index is -0.707. The SMILES string of the molecule is O=C(CNCC1(O)CCOCC1)NC1CCCCCC1. The van der Waals surface area contributed by atoms with E-state index in [1.54, 1.807) is 0 Å². The molecule has 0 unspecified atom stereocenters. The van der Waals surface area contributed by atoms with Crippen LogP contribution in [0.3, 0.4) is 0 Å². The molecular formula is C15H28N2O3. The summed E-state index contributed by atoms with van der Waals surface area (Å²) in [5, 5.41) is 16.5. The maximum Gasteiger partial charge on any atom is 0.234 e. The molecule has 1 aliphatic heterocycles. The predicted octanol–water partition coefficient (Wildman–Crippen LogP) is 0.956. The first-order valence-corrected chi connectivity index (χ1v) is 7.98. The van der Waals surface area contributed by atoms with Gasteiger partial charge in [0.25, 0.3) is 0 Å². The number of rotatable bonds is 5. The number of amides is 1. The maximum atomic E-state index is 11.9. The number of carbonyl (C=O) groups is 1. The van der Waals surface area contributed by atoms with Gasteiger partial charge in [-0.1, -0.05) is 25.7 Å². The molecule has 1 saturated carbocycles. The zero-order valence-electron chi connectivity index (χ0n) is 12.3. The van der Waals surface area contributed by atoms with E-state index >= 15 is 0 Å². The van der Waals surface area contributed by atoms with E-state index in [0.717, 1.165) is 12.8 Å². The van der Waals surface area contributed by atoms with E-state index in [4.69, 9.17) is 4.74 Å². The fourth-order valence-corrected chi connectivity index (χ4v) is 3.04. The monoisotopic (exact) mass is 284 g/mol. The van der Waals surface area contributed by atoms with Gasteiger partial charge < -0.3 is 20.5 Å². The van der Waals surface area contributed by atoms with Crippen LogP contribution in [0.1, 0.15) is 51.4 Å². The lowest BCUT2D eigenvalue weighted by molar-refractivity contribution is -0.121. The zero-order chi connectivity index (χ0) is 14.3. The second-order valence-electron chi connectivity index (χ2n) is 6.20. The Balaban J connectivity index is 1.61. The van der Waals surface area contributed by atoms with E-state index in [1.807, 2.05) is 0 Å². The molecule has 0 aromatic carbocycles. The highest BCUT2D eigenvalue weighted by Crippen LogP contribution is 2.19. The smallest absolute Gasteiger partial charge is 0.234 e. The zero-order valence-corrected chi connectivity index (χ0v) is 12.3. The minimum Gasteiger partial charge on any atom is -0.388 e. The van der Waals surface area contributed by atoms with Gasteiger partial charge in [0, 0.05) is 38.6 Å². The molecule has 0 bridgehead atoms. The number of ether oxygens (including phenoxy) is 1. The highest BCUT2D eigenvalue weighted by Gasteiger charge is 2.29. The molecule has 1 saturated heterocycles. The lowest BCUT2D eigenvalue weighted by Crippen LogP contribution is -2.48. The molecule has 1 amide bonds. The maximum absolute atomic E-state index is 11.9. The first-order valence-electron chi connectivity index (χ1n) is 7.98. The number of carbonyl (C=O) groups excluding carboxylic acids is 1. The van der Waals surface area contributed by atoms with E-state index in [1.165, 1.54) is 25.7 Å². The summed E-state index contributed by atoms with van der Waals surface area (Å²) < 4.78 is 5.24. The Kier molecular flexibility index (Phi) is 6.26. The van der Waals surface area contributed by atoms with Crippen molar-refractivity contribution in [2.75, 3.05) is 26.3 Å². The molecule has 0 aromatic heterocycles. The van der Waals surface area contributed by atoms with Crippen LogP contribution in [0.5, 0.6) is 0 Å². The van der Waals surface area contributed by atoms with E-state index in [-0.39, 0.29) is 5.91 Å². The van der Waals surface area contributed by atoms with E-state index in [9.17, 15) is 9.90 Å². The van der Waals surface area contributed by atoms with Gasteiger partial charge in [0.05, 0.1) is 12.1 Å². The molecule has 2 aliphatic rings. The van der Waals surface area contributed by atoms with Gasteiger partial charge >= 0.3 is 0 Å². The first kappa shape index (κ1) is 15.7. The highest BCUT2D eigenvalue weighted by molar-refractivity contribution is 5.78. The Labute approximate surface area is 121 Å². The Bertz CT molecular complexity index is 295. The second-order valence-corrected chi connectivity index (χ2v) is 6.20. The molecule has 116 valence electrons. The molecule has 0 radical (unpaired) electrons. The molecule has 0 spiro atoms. The Morgan fingerprint density at radius 3 is 2.45 bits per heavy atom. The quantitative estimate of drug-likeness (QED) is 0.658. The Morgan fingerprint density at radius 1 is 1.15 bits per heavy atom. The molecule has 20 heavy (non-hydrogen) atoms. The summed E-state index contributed by atoms with van der Waals surface area (Å²) in [7, 11) is 0. The highest BCUT2D eigenvalue weighted by atomic mass is 16.5. The van der Waals surface area contributed by atoms with Crippen molar-refractivity contribution in [3.63, 3.8) is 0 Å². The summed E-state index contributed by atoms with van der Waals surface area (Å²) in [6.07, 6.45) is 8.52. The largest absolute Gasteiger partial charge is 0.388 e. The number of hydrogen-bond acceptors (Lipinski definition) is 4. The van der Waals surface area contributed by atoms with Gasteiger partial charge in [-0.25, -0.2) is 0 Å². The summed E-state index contributed by atoms with van der Waals surface area (Å²) in [4.78, 5) is 11.9. The third kappa shape index (κ3) is 5.38. The third-order valence-corrected chi connectivity index (χ3v) is 4.38. The van der Waals surface area contributed by atoms with Crippen LogP contribution >= 0.6 is 0 Å². The average molecular weight is 284 g/mol. The van der Waals surface area contributed by atoms with Crippen molar-refractivity contribution in [3.05, 3.63) is 0 Å². The number of nitrogens with one attached hydrogen (secondary N) is 2. The fourth-order valence-electron chi connectivity index (χ4n) is 3.04. The minimum absolute atomic E-state index is 0.0487. The fraction of sp³-hybridized carbons (Fsp3) is 0.933. The predicted molar refractivity (Wildman–Crippen MR) is 77.5 cm³/mol. The molecule has 3 N–H and O–H groups in total. The van der Waals surface area contributed by atoms with E-state index in [2.05, 4.69) is 10.6 Å². The van der Waals surface area contributed by atoms with Crippen LogP contribution in [0.4, 0.5) is 0 Å². The second kappa shape index (κ2) is 7.96. The molecule has 1 aliphatic carbocycles. The molecule has 0 atom stereocenters. The summed E-state index contributed by atoms with van der Waals surface area (Å²) in [5.41, 5.74) is -0.707. The van der Waals surface area contributed by atoms with Gasteiger partial charge in [-0.15, -0.1) is 0 Å². The van der Waals surface area contributed by atoms with Crippen LogP contribution < -0.4 is 10.6 Å². The van der Waals surface area contributed by atoms with Crippen LogP contribution in [-0.4, -0.2) is 49.0 Å². The Hall–Kier alpha value is -0.650. The van der Waals surface area contributed by atoms with Gasteiger partial charge in [0.2, 0.25) is 5.91 Å². The molecule has 5 nitrogen and oxygen atoms in total. The van der Waals surface area contributed by atoms with Crippen molar-refractivity contribution < 1.29 is 14.6 Å². The summed E-state index contributed by atoms with van der Waals surface area (Å²) in [6.45, 7) is 1.97. The molecular weight excluding hydrogens is 256 g/mol. The van der Waals surface area contributed by atoms with Crippen LogP contribution in [0.25, 0.3) is 0 Å². The van der Waals surface area contributed by atoms with Crippen LogP contribution in [0.2, 0.25) is 0 Å². The lowest BCUT2D eigenvalue weighted by atomic mass is 9.94. The van der Waals surface area contributed by atoms with Crippen LogP contribution in [0, 0.1) is 0 Å². The average Bonchev–Trinajstić information content (AvgIpc) is 2.68. The van der Waals surface area contributed by atoms with Gasteiger partial charge in [-0.3, -0.25) is 4.79 Å². The van der Waals surface area contributed by atoms with Crippen LogP contribution in [-0.2, 0) is 9.53 Å². The number of aliphatic hydroxyl groups is 1. The summed E-state index contributed by atoms with van der Waals surface area (Å²) >= 11 is 0. The van der Waals surface area contributed by atoms with Crippen molar-refractivity contribution in [1.82, 2.24) is 10.6 Å². The van der Waals surface area contributed by atoms with Crippen LogP contribution in [0.15, 0.2) is 0 Å². The van der Waals surface area contributed by atoms with E-state index < -0.39 is 5.60 Å². The van der Waals surface area contributed by atoms with Gasteiger partial charge in [-0.2, -0.15) is 0 Å². The molecule has 2 fully saturated rings. The normalized spacial score (nSPS) is 24.1. The number of hydrogen-bond donors (Lipinski definition) is 3. The van der Waals surface area contributed by atoms with Crippen molar-refractivity contribution in [1.29, 1.82) is 0 Å². The standard InChI is InChI=1S/C15H28N2O3/c18-14(17-13-5-3-1-2-4-6-13)11-16-12-15(19)7-9-20-10-8-15/h13,16,19H,1-12H2,(H,17,18). The molecule has 0 aromatic rings. The molecule has 1 heterocycles. The van der Waals surface area contributed by atoms with Gasteiger partial charge in [0.1, 0.15) is 0 Å². The summed E-state index contributed by atoms with van der Waals surface area (Å²) in [6, 6.07) is 0.345. The first-order chi connectivity index (χ1) is 9.68. The third-order valence-electron chi connectivity index (χ3n) is 4.38.